The van der Waals surface area contributed by atoms with Gasteiger partial charge in [-0.25, -0.2) is 9.97 Å². The van der Waals surface area contributed by atoms with Gasteiger partial charge < -0.3 is 18.9 Å². The molecule has 0 bridgehead atoms. The maximum atomic E-state index is 5.45. The molecule has 0 aliphatic rings. The largest absolute Gasteiger partial charge is 0.493 e. The van der Waals surface area contributed by atoms with Gasteiger partial charge >= 0.3 is 0 Å². The third-order valence-corrected chi connectivity index (χ3v) is 4.96. The predicted octanol–water partition coefficient (Wildman–Crippen LogP) is 4.80. The number of benzene rings is 3. The quantitative estimate of drug-likeness (QED) is 0.463. The van der Waals surface area contributed by atoms with Crippen LogP contribution in [0.25, 0.3) is 33.3 Å². The number of aromatic nitrogens is 2. The van der Waals surface area contributed by atoms with Crippen LogP contribution in [0.5, 0.6) is 23.0 Å². The van der Waals surface area contributed by atoms with Crippen LogP contribution >= 0.6 is 0 Å². The zero-order valence-corrected chi connectivity index (χ0v) is 17.2. The van der Waals surface area contributed by atoms with Gasteiger partial charge in [-0.15, -0.1) is 0 Å². The van der Waals surface area contributed by atoms with Crippen molar-refractivity contribution >= 4 is 10.9 Å². The molecular weight excluding hydrogens is 380 g/mol. The lowest BCUT2D eigenvalue weighted by molar-refractivity contribution is 0.355. The Morgan fingerprint density at radius 2 is 1.10 bits per heavy atom. The molecule has 151 valence electrons. The Labute approximate surface area is 175 Å². The molecule has 0 saturated carbocycles. The SMILES string of the molecule is COc1ccc(-c2ccc3n[c]nc(-c4ccc(OC)c(OC)c4)c3c2)cc1OC. The highest BCUT2D eigenvalue weighted by Gasteiger charge is 2.13. The molecule has 0 saturated heterocycles. The molecule has 0 amide bonds. The highest BCUT2D eigenvalue weighted by atomic mass is 16.5. The van der Waals surface area contributed by atoms with E-state index in [-0.39, 0.29) is 0 Å². The van der Waals surface area contributed by atoms with Crippen molar-refractivity contribution in [3.8, 4) is 45.4 Å². The molecule has 0 unspecified atom stereocenters. The van der Waals surface area contributed by atoms with Gasteiger partial charge in [0.15, 0.2) is 29.3 Å². The molecule has 0 spiro atoms. The molecule has 1 aromatic heterocycles. The van der Waals surface area contributed by atoms with E-state index in [0.717, 1.165) is 33.3 Å². The maximum Gasteiger partial charge on any atom is 0.198 e. The van der Waals surface area contributed by atoms with E-state index in [1.807, 2.05) is 48.5 Å². The van der Waals surface area contributed by atoms with Crippen LogP contribution in [0.3, 0.4) is 0 Å². The third-order valence-electron chi connectivity index (χ3n) is 4.96. The molecule has 1 heterocycles. The van der Waals surface area contributed by atoms with Crippen LogP contribution in [0.2, 0.25) is 0 Å². The summed E-state index contributed by atoms with van der Waals surface area (Å²) in [6.45, 7) is 0. The van der Waals surface area contributed by atoms with Crippen molar-refractivity contribution in [2.75, 3.05) is 28.4 Å². The average molecular weight is 401 g/mol. The van der Waals surface area contributed by atoms with E-state index >= 15 is 0 Å². The third kappa shape index (κ3) is 3.48. The number of methoxy groups -OCH3 is 4. The lowest BCUT2D eigenvalue weighted by Crippen LogP contribution is -1.94. The molecule has 1 radical (unpaired) electrons. The Hall–Kier alpha value is -3.80. The zero-order valence-electron chi connectivity index (χ0n) is 17.2. The molecule has 0 aliphatic carbocycles. The van der Waals surface area contributed by atoms with Crippen molar-refractivity contribution in [1.82, 2.24) is 9.97 Å². The second kappa shape index (κ2) is 8.29. The number of fused-ring (bicyclic) bond motifs is 1. The summed E-state index contributed by atoms with van der Waals surface area (Å²) in [5, 5.41) is 0.910. The van der Waals surface area contributed by atoms with Gasteiger partial charge in [-0.05, 0) is 53.6 Å². The Morgan fingerprint density at radius 3 is 1.73 bits per heavy atom. The molecule has 0 fully saturated rings. The number of hydrogen-bond acceptors (Lipinski definition) is 6. The van der Waals surface area contributed by atoms with Crippen LogP contribution in [-0.4, -0.2) is 38.4 Å². The zero-order chi connectivity index (χ0) is 21.1. The second-order valence-electron chi connectivity index (χ2n) is 6.54. The Kier molecular flexibility index (Phi) is 5.39. The van der Waals surface area contributed by atoms with Crippen molar-refractivity contribution in [3.05, 3.63) is 60.9 Å². The molecule has 30 heavy (non-hydrogen) atoms. The van der Waals surface area contributed by atoms with Crippen molar-refractivity contribution in [2.24, 2.45) is 0 Å². The Morgan fingerprint density at radius 1 is 0.567 bits per heavy atom. The lowest BCUT2D eigenvalue weighted by atomic mass is 10.00. The fourth-order valence-electron chi connectivity index (χ4n) is 3.41. The van der Waals surface area contributed by atoms with Crippen LogP contribution in [0.1, 0.15) is 0 Å². The normalized spacial score (nSPS) is 10.7. The van der Waals surface area contributed by atoms with Crippen LogP contribution < -0.4 is 18.9 Å². The Bertz CT molecular complexity index is 1210. The summed E-state index contributed by atoms with van der Waals surface area (Å²) in [4.78, 5) is 8.73. The van der Waals surface area contributed by atoms with Crippen LogP contribution in [0.4, 0.5) is 0 Å². The van der Waals surface area contributed by atoms with Crippen molar-refractivity contribution < 1.29 is 18.9 Å². The average Bonchev–Trinajstić information content (AvgIpc) is 2.82. The molecule has 4 aromatic rings. The molecule has 4 rings (SSSR count). The standard InChI is InChI=1S/C24H21N2O4/c1-27-20-9-6-16(12-22(20)29-3)15-5-8-19-18(11-15)24(26-14-25-19)17-7-10-21(28-2)23(13-17)30-4/h5-13H,1-4H3. The van der Waals surface area contributed by atoms with Gasteiger partial charge in [-0.3, -0.25) is 0 Å². The fraction of sp³-hybridized carbons (Fsp3) is 0.167. The molecule has 0 atom stereocenters. The van der Waals surface area contributed by atoms with Crippen LogP contribution in [0, 0.1) is 6.33 Å². The number of ether oxygens (including phenoxy) is 4. The van der Waals surface area contributed by atoms with E-state index in [1.165, 1.54) is 0 Å². The van der Waals surface area contributed by atoms with Crippen LogP contribution in [0.15, 0.2) is 54.6 Å². The first kappa shape index (κ1) is 19.5. The van der Waals surface area contributed by atoms with Gasteiger partial charge in [0, 0.05) is 10.9 Å². The van der Waals surface area contributed by atoms with Crippen molar-refractivity contribution in [1.29, 1.82) is 0 Å². The number of hydrogen-bond donors (Lipinski definition) is 0. The summed E-state index contributed by atoms with van der Waals surface area (Å²) in [5.74, 6) is 2.66. The molecule has 6 heteroatoms. The van der Waals surface area contributed by atoms with E-state index in [0.29, 0.717) is 23.0 Å². The fourth-order valence-corrected chi connectivity index (χ4v) is 3.41. The van der Waals surface area contributed by atoms with Gasteiger partial charge in [0.2, 0.25) is 0 Å². The van der Waals surface area contributed by atoms with Gasteiger partial charge in [-0.2, -0.15) is 0 Å². The predicted molar refractivity (Wildman–Crippen MR) is 115 cm³/mol. The van der Waals surface area contributed by atoms with E-state index in [9.17, 15) is 0 Å². The minimum Gasteiger partial charge on any atom is -0.493 e. The summed E-state index contributed by atoms with van der Waals surface area (Å²) in [6, 6.07) is 17.6. The maximum absolute atomic E-state index is 5.45. The molecule has 0 aliphatic heterocycles. The second-order valence-corrected chi connectivity index (χ2v) is 6.54. The van der Waals surface area contributed by atoms with Gasteiger partial charge in [-0.1, -0.05) is 12.1 Å². The van der Waals surface area contributed by atoms with Crippen molar-refractivity contribution in [3.63, 3.8) is 0 Å². The summed E-state index contributed by atoms with van der Waals surface area (Å²) < 4.78 is 21.6. The molecule has 3 aromatic carbocycles. The van der Waals surface area contributed by atoms with E-state index < -0.39 is 0 Å². The summed E-state index contributed by atoms with van der Waals surface area (Å²) in [5.41, 5.74) is 4.48. The first-order valence-electron chi connectivity index (χ1n) is 9.31. The minimum absolute atomic E-state index is 0.637. The van der Waals surface area contributed by atoms with Gasteiger partial charge in [0.05, 0.1) is 39.6 Å². The van der Waals surface area contributed by atoms with Gasteiger partial charge in [0.25, 0.3) is 0 Å². The van der Waals surface area contributed by atoms with Gasteiger partial charge in [0.1, 0.15) is 0 Å². The van der Waals surface area contributed by atoms with E-state index in [4.69, 9.17) is 18.9 Å². The lowest BCUT2D eigenvalue weighted by Gasteiger charge is -2.12. The van der Waals surface area contributed by atoms with E-state index in [2.05, 4.69) is 22.4 Å². The first-order chi connectivity index (χ1) is 14.7. The highest BCUT2D eigenvalue weighted by Crippen LogP contribution is 2.36. The van der Waals surface area contributed by atoms with E-state index in [1.54, 1.807) is 28.4 Å². The summed E-state index contributed by atoms with van der Waals surface area (Å²) >= 11 is 0. The number of nitrogens with zero attached hydrogens (tertiary/aromatic N) is 2. The smallest absolute Gasteiger partial charge is 0.198 e. The topological polar surface area (TPSA) is 62.7 Å². The Balaban J connectivity index is 1.86. The first-order valence-corrected chi connectivity index (χ1v) is 9.31. The molecule has 6 nitrogen and oxygen atoms in total. The monoisotopic (exact) mass is 401 g/mol. The highest BCUT2D eigenvalue weighted by molar-refractivity contribution is 5.95. The molecule has 0 N–H and O–H groups in total. The van der Waals surface area contributed by atoms with Crippen LogP contribution in [-0.2, 0) is 0 Å². The molecular formula is C24H21N2O4. The minimum atomic E-state index is 0.637. The number of rotatable bonds is 6. The summed E-state index contributed by atoms with van der Waals surface area (Å²) in [6.07, 6.45) is 2.75. The van der Waals surface area contributed by atoms with Crippen molar-refractivity contribution in [2.45, 2.75) is 0 Å². The summed E-state index contributed by atoms with van der Waals surface area (Å²) in [7, 11) is 6.47.